The summed E-state index contributed by atoms with van der Waals surface area (Å²) in [6.45, 7) is 1.84. The Morgan fingerprint density at radius 1 is 1.60 bits per heavy atom. The minimum atomic E-state index is -0.0206. The molecule has 3 heteroatoms. The predicted octanol–water partition coefficient (Wildman–Crippen LogP) is 1.54. The van der Waals surface area contributed by atoms with Gasteiger partial charge in [0.05, 0.1) is 11.6 Å². The third-order valence-electron chi connectivity index (χ3n) is 1.38. The second-order valence-corrected chi connectivity index (χ2v) is 2.48. The Bertz CT molecular complexity index is 217. The highest BCUT2D eigenvalue weighted by molar-refractivity contribution is 6.31. The maximum atomic E-state index is 8.79. The van der Waals surface area contributed by atoms with Gasteiger partial charge in [0.2, 0.25) is 0 Å². The van der Waals surface area contributed by atoms with Crippen molar-refractivity contribution >= 4 is 11.6 Å². The van der Waals surface area contributed by atoms with Crippen molar-refractivity contribution in [2.45, 2.75) is 13.5 Å². The summed E-state index contributed by atoms with van der Waals surface area (Å²) in [6, 6.07) is 0. The zero-order valence-corrected chi connectivity index (χ0v) is 6.39. The molecule has 0 saturated heterocycles. The molecule has 1 N–H and O–H groups in total. The third kappa shape index (κ3) is 1.28. The predicted molar refractivity (Wildman–Crippen MR) is 39.9 cm³/mol. The molecule has 0 unspecified atom stereocenters. The monoisotopic (exact) mass is 157 g/mol. The number of aliphatic hydroxyl groups is 1. The van der Waals surface area contributed by atoms with Crippen LogP contribution in [0.25, 0.3) is 0 Å². The van der Waals surface area contributed by atoms with Gasteiger partial charge < -0.3 is 5.11 Å². The Morgan fingerprint density at radius 2 is 2.30 bits per heavy atom. The van der Waals surface area contributed by atoms with Crippen LogP contribution in [0.5, 0.6) is 0 Å². The lowest BCUT2D eigenvalue weighted by molar-refractivity contribution is 0.281. The average molecular weight is 158 g/mol. The fourth-order valence-electron chi connectivity index (χ4n) is 0.759. The van der Waals surface area contributed by atoms with Crippen LogP contribution in [-0.4, -0.2) is 10.1 Å². The highest BCUT2D eigenvalue weighted by atomic mass is 35.5. The zero-order chi connectivity index (χ0) is 7.56. The Kier molecular flexibility index (Phi) is 2.25. The Labute approximate surface area is 64.5 Å². The van der Waals surface area contributed by atoms with Crippen LogP contribution in [0.3, 0.4) is 0 Å². The second kappa shape index (κ2) is 2.99. The summed E-state index contributed by atoms with van der Waals surface area (Å²) in [5, 5.41) is 9.32. The normalized spacial score (nSPS) is 9.90. The quantitative estimate of drug-likeness (QED) is 0.671. The lowest BCUT2D eigenvalue weighted by atomic mass is 10.2. The zero-order valence-electron chi connectivity index (χ0n) is 5.63. The number of aliphatic hydroxyl groups excluding tert-OH is 1. The number of aromatic nitrogens is 1. The highest BCUT2D eigenvalue weighted by Crippen LogP contribution is 2.16. The molecule has 1 heterocycles. The van der Waals surface area contributed by atoms with E-state index in [1.807, 2.05) is 6.92 Å². The van der Waals surface area contributed by atoms with Crippen LogP contribution in [-0.2, 0) is 6.61 Å². The lowest BCUT2D eigenvalue weighted by Gasteiger charge is -2.01. The van der Waals surface area contributed by atoms with Gasteiger partial charge in [0, 0.05) is 18.0 Å². The average Bonchev–Trinajstić information content (AvgIpc) is 1.88. The van der Waals surface area contributed by atoms with Crippen molar-refractivity contribution in [1.29, 1.82) is 0 Å². The molecule has 1 aromatic heterocycles. The molecular formula is C7H8ClNO. The van der Waals surface area contributed by atoms with Gasteiger partial charge in [0.15, 0.2) is 0 Å². The molecule has 0 atom stereocenters. The van der Waals surface area contributed by atoms with E-state index < -0.39 is 0 Å². The smallest absolute Gasteiger partial charge is 0.0700 e. The topological polar surface area (TPSA) is 33.1 Å². The second-order valence-electron chi connectivity index (χ2n) is 2.07. The minimum absolute atomic E-state index is 0.0206. The van der Waals surface area contributed by atoms with Crippen LogP contribution < -0.4 is 0 Å². The van der Waals surface area contributed by atoms with Crippen molar-refractivity contribution in [3.05, 3.63) is 28.5 Å². The summed E-state index contributed by atoms with van der Waals surface area (Å²) in [6.07, 6.45) is 3.21. The number of hydrogen-bond acceptors (Lipinski definition) is 2. The van der Waals surface area contributed by atoms with Crippen LogP contribution in [0.15, 0.2) is 12.4 Å². The molecule has 0 aliphatic carbocycles. The maximum absolute atomic E-state index is 8.79. The molecule has 1 rings (SSSR count). The summed E-state index contributed by atoms with van der Waals surface area (Å²) in [4.78, 5) is 3.85. The van der Waals surface area contributed by atoms with E-state index >= 15 is 0 Å². The molecule has 0 bridgehead atoms. The summed E-state index contributed by atoms with van der Waals surface area (Å²) < 4.78 is 0. The molecule has 54 valence electrons. The molecule has 1 aromatic rings. The highest BCUT2D eigenvalue weighted by Gasteiger charge is 2.00. The van der Waals surface area contributed by atoms with E-state index in [-0.39, 0.29) is 6.61 Å². The fourth-order valence-corrected chi connectivity index (χ4v) is 1.02. The van der Waals surface area contributed by atoms with E-state index in [9.17, 15) is 0 Å². The van der Waals surface area contributed by atoms with Gasteiger partial charge in [-0.1, -0.05) is 11.6 Å². The Morgan fingerprint density at radius 3 is 2.70 bits per heavy atom. The SMILES string of the molecule is Cc1cncc(Cl)c1CO. The molecule has 0 aromatic carbocycles. The molecule has 0 aliphatic heterocycles. The van der Waals surface area contributed by atoms with Gasteiger partial charge >= 0.3 is 0 Å². The first-order chi connectivity index (χ1) is 4.75. The molecule has 0 amide bonds. The molecular weight excluding hydrogens is 150 g/mol. The number of nitrogens with zero attached hydrogens (tertiary/aromatic N) is 1. The largest absolute Gasteiger partial charge is 0.392 e. The van der Waals surface area contributed by atoms with Gasteiger partial charge in [-0.2, -0.15) is 0 Å². The first kappa shape index (κ1) is 7.51. The van der Waals surface area contributed by atoms with E-state index in [0.717, 1.165) is 11.1 Å². The van der Waals surface area contributed by atoms with Crippen LogP contribution in [0.4, 0.5) is 0 Å². The summed E-state index contributed by atoms with van der Waals surface area (Å²) in [5.74, 6) is 0. The van der Waals surface area contributed by atoms with Crippen LogP contribution in [0.2, 0.25) is 5.02 Å². The Hall–Kier alpha value is -0.600. The summed E-state index contributed by atoms with van der Waals surface area (Å²) in [7, 11) is 0. The first-order valence-electron chi connectivity index (χ1n) is 2.95. The molecule has 0 fully saturated rings. The van der Waals surface area contributed by atoms with Crippen LogP contribution in [0, 0.1) is 6.92 Å². The van der Waals surface area contributed by atoms with Gasteiger partial charge in [-0.15, -0.1) is 0 Å². The summed E-state index contributed by atoms with van der Waals surface area (Å²) in [5.41, 5.74) is 1.69. The first-order valence-corrected chi connectivity index (χ1v) is 3.33. The van der Waals surface area contributed by atoms with E-state index in [4.69, 9.17) is 16.7 Å². The molecule has 0 radical (unpaired) electrons. The van der Waals surface area contributed by atoms with E-state index in [1.165, 1.54) is 6.20 Å². The standard InChI is InChI=1S/C7H8ClNO/c1-5-2-9-3-7(8)6(5)4-10/h2-3,10H,4H2,1H3. The molecule has 0 spiro atoms. The van der Waals surface area contributed by atoms with Crippen molar-refractivity contribution in [2.75, 3.05) is 0 Å². The van der Waals surface area contributed by atoms with E-state index in [0.29, 0.717) is 5.02 Å². The van der Waals surface area contributed by atoms with Crippen molar-refractivity contribution in [3.63, 3.8) is 0 Å². The Balaban J connectivity index is 3.17. The van der Waals surface area contributed by atoms with E-state index in [1.54, 1.807) is 6.20 Å². The van der Waals surface area contributed by atoms with Gasteiger partial charge in [-0.25, -0.2) is 0 Å². The summed E-state index contributed by atoms with van der Waals surface area (Å²) >= 11 is 5.71. The molecule has 0 aliphatic rings. The lowest BCUT2D eigenvalue weighted by Crippen LogP contribution is -1.90. The van der Waals surface area contributed by atoms with Crippen molar-refractivity contribution in [3.8, 4) is 0 Å². The molecule has 10 heavy (non-hydrogen) atoms. The van der Waals surface area contributed by atoms with Crippen molar-refractivity contribution in [2.24, 2.45) is 0 Å². The van der Waals surface area contributed by atoms with Crippen molar-refractivity contribution in [1.82, 2.24) is 4.98 Å². The number of rotatable bonds is 1. The van der Waals surface area contributed by atoms with Crippen LogP contribution in [0.1, 0.15) is 11.1 Å². The van der Waals surface area contributed by atoms with Crippen LogP contribution >= 0.6 is 11.6 Å². The van der Waals surface area contributed by atoms with Crippen molar-refractivity contribution < 1.29 is 5.11 Å². The number of aryl methyl sites for hydroxylation is 1. The van der Waals surface area contributed by atoms with Gasteiger partial charge in [-0.05, 0) is 12.5 Å². The fraction of sp³-hybridized carbons (Fsp3) is 0.286. The van der Waals surface area contributed by atoms with E-state index in [2.05, 4.69) is 4.98 Å². The van der Waals surface area contributed by atoms with Gasteiger partial charge in [0.1, 0.15) is 0 Å². The van der Waals surface area contributed by atoms with Gasteiger partial charge in [-0.3, -0.25) is 4.98 Å². The van der Waals surface area contributed by atoms with Gasteiger partial charge in [0.25, 0.3) is 0 Å². The number of hydrogen-bond donors (Lipinski definition) is 1. The third-order valence-corrected chi connectivity index (χ3v) is 1.70. The minimum Gasteiger partial charge on any atom is -0.392 e. The maximum Gasteiger partial charge on any atom is 0.0700 e. The number of pyridine rings is 1. The molecule has 0 saturated carbocycles. The number of halogens is 1. The molecule has 2 nitrogen and oxygen atoms in total.